The van der Waals surface area contributed by atoms with Crippen molar-refractivity contribution in [3.05, 3.63) is 107 Å². The van der Waals surface area contributed by atoms with Crippen LogP contribution in [0.5, 0.6) is 11.5 Å². The van der Waals surface area contributed by atoms with E-state index in [0.717, 1.165) is 18.2 Å². The molecule has 0 aliphatic heterocycles. The van der Waals surface area contributed by atoms with Crippen molar-refractivity contribution < 1.29 is 19.5 Å². The van der Waals surface area contributed by atoms with Crippen molar-refractivity contribution in [1.29, 1.82) is 5.26 Å². The minimum absolute atomic E-state index is 0.0552. The average molecular weight is 467 g/mol. The fourth-order valence-electron chi connectivity index (χ4n) is 2.77. The maximum absolute atomic E-state index is 11.3. The lowest BCUT2D eigenvalue weighted by molar-refractivity contribution is -0.394. The van der Waals surface area contributed by atoms with Gasteiger partial charge in [-0.1, -0.05) is 17.7 Å². The molecule has 0 spiro atoms. The van der Waals surface area contributed by atoms with Gasteiger partial charge in [0.25, 0.3) is 11.4 Å². The molecular formula is C21H11ClN4O7. The quantitative estimate of drug-likeness (QED) is 0.179. The second kappa shape index (κ2) is 9.54. The molecule has 3 rings (SSSR count). The van der Waals surface area contributed by atoms with Crippen molar-refractivity contribution >= 4 is 40.3 Å². The Morgan fingerprint density at radius 2 is 1.45 bits per heavy atom. The van der Waals surface area contributed by atoms with Crippen LogP contribution in [0, 0.1) is 41.7 Å². The van der Waals surface area contributed by atoms with Crippen molar-refractivity contribution in [1.82, 2.24) is 0 Å². The second-order valence-corrected chi connectivity index (χ2v) is 6.84. The number of non-ortho nitro benzene ring substituents is 2. The summed E-state index contributed by atoms with van der Waals surface area (Å²) in [5.74, 6) is -0.181. The van der Waals surface area contributed by atoms with Gasteiger partial charge in [-0.25, -0.2) is 0 Å². The Morgan fingerprint density at radius 3 is 2.00 bits per heavy atom. The molecule has 0 atom stereocenters. The van der Waals surface area contributed by atoms with Gasteiger partial charge in [0.05, 0.1) is 37.5 Å². The molecule has 0 saturated heterocycles. The van der Waals surface area contributed by atoms with E-state index < -0.39 is 26.1 Å². The number of nitro groups is 3. The highest BCUT2D eigenvalue weighted by Crippen LogP contribution is 2.37. The van der Waals surface area contributed by atoms with Crippen LogP contribution < -0.4 is 4.74 Å². The summed E-state index contributed by atoms with van der Waals surface area (Å²) in [6.07, 6.45) is 1.51. The minimum Gasteiger partial charge on any atom is -0.449 e. The summed E-state index contributed by atoms with van der Waals surface area (Å²) in [5.41, 5.74) is 0.00755. The number of nitriles is 1. The molecule has 33 heavy (non-hydrogen) atoms. The highest BCUT2D eigenvalue weighted by atomic mass is 35.5. The van der Waals surface area contributed by atoms with Gasteiger partial charge < -0.3 is 4.74 Å². The molecule has 0 aliphatic rings. The Kier molecular flexibility index (Phi) is 6.61. The third-order valence-corrected chi connectivity index (χ3v) is 4.64. The molecule has 0 aromatic heterocycles. The number of benzene rings is 3. The Bertz CT molecular complexity index is 1350. The first-order valence-electron chi connectivity index (χ1n) is 8.96. The first-order valence-corrected chi connectivity index (χ1v) is 9.34. The molecule has 0 aliphatic carbocycles. The van der Waals surface area contributed by atoms with Gasteiger partial charge in [-0.05, 0) is 47.5 Å². The topological polar surface area (TPSA) is 162 Å². The van der Waals surface area contributed by atoms with Crippen LogP contribution in [0.25, 0.3) is 11.6 Å². The summed E-state index contributed by atoms with van der Waals surface area (Å²) in [7, 11) is 0. The predicted octanol–water partition coefficient (Wildman–Crippen LogP) is 5.92. The zero-order chi connectivity index (χ0) is 24.1. The van der Waals surface area contributed by atoms with E-state index in [1.165, 1.54) is 42.5 Å². The summed E-state index contributed by atoms with van der Waals surface area (Å²) in [6, 6.07) is 14.8. The molecular weight excluding hydrogens is 456 g/mol. The zero-order valence-corrected chi connectivity index (χ0v) is 17.1. The van der Waals surface area contributed by atoms with E-state index in [4.69, 9.17) is 16.3 Å². The van der Waals surface area contributed by atoms with Gasteiger partial charge in [0, 0.05) is 18.2 Å². The van der Waals surface area contributed by atoms with Crippen molar-refractivity contribution in [2.45, 2.75) is 0 Å². The second-order valence-electron chi connectivity index (χ2n) is 6.43. The average Bonchev–Trinajstić information content (AvgIpc) is 2.79. The lowest BCUT2D eigenvalue weighted by atomic mass is 10.0. The standard InChI is InChI=1S/C21H11ClN4O7/c22-18-10-13(9-15(12-23)14-2-4-16(5-3-14)24(27)28)1-7-20(18)33-21-8-6-17(25(29)30)11-19(21)26(31)32/h1-11H/b15-9+. The van der Waals surface area contributed by atoms with Gasteiger partial charge in [0.15, 0.2) is 0 Å². The molecule has 3 aromatic rings. The number of nitrogens with zero attached hydrogens (tertiary/aromatic N) is 4. The molecule has 3 aromatic carbocycles. The van der Waals surface area contributed by atoms with Crippen LogP contribution in [-0.2, 0) is 0 Å². The number of hydrogen-bond acceptors (Lipinski definition) is 8. The summed E-state index contributed by atoms with van der Waals surface area (Å²) in [5, 5.41) is 42.4. The van der Waals surface area contributed by atoms with Gasteiger partial charge in [0.2, 0.25) is 5.75 Å². The van der Waals surface area contributed by atoms with Crippen LogP contribution in [0.1, 0.15) is 11.1 Å². The Labute approximate surface area is 190 Å². The van der Waals surface area contributed by atoms with E-state index in [1.54, 1.807) is 6.07 Å². The van der Waals surface area contributed by atoms with E-state index in [2.05, 4.69) is 0 Å². The molecule has 0 heterocycles. The highest BCUT2D eigenvalue weighted by Gasteiger charge is 2.22. The summed E-state index contributed by atoms with van der Waals surface area (Å²) in [6.45, 7) is 0. The fourth-order valence-corrected chi connectivity index (χ4v) is 2.99. The lowest BCUT2D eigenvalue weighted by Gasteiger charge is -2.09. The summed E-state index contributed by atoms with van der Waals surface area (Å²) in [4.78, 5) is 30.8. The monoisotopic (exact) mass is 466 g/mol. The number of ether oxygens (including phenoxy) is 1. The number of halogens is 1. The van der Waals surface area contributed by atoms with Crippen LogP contribution >= 0.6 is 11.6 Å². The van der Waals surface area contributed by atoms with Crippen LogP contribution in [0.15, 0.2) is 60.7 Å². The van der Waals surface area contributed by atoms with Gasteiger partial charge in [0.1, 0.15) is 5.75 Å². The molecule has 0 saturated carbocycles. The summed E-state index contributed by atoms with van der Waals surface area (Å²) >= 11 is 6.23. The number of hydrogen-bond donors (Lipinski definition) is 0. The third-order valence-electron chi connectivity index (χ3n) is 4.35. The Hall–Kier alpha value is -4.82. The van der Waals surface area contributed by atoms with Crippen molar-refractivity contribution in [3.63, 3.8) is 0 Å². The zero-order valence-electron chi connectivity index (χ0n) is 16.4. The van der Waals surface area contributed by atoms with Gasteiger partial charge in [-0.3, -0.25) is 30.3 Å². The van der Waals surface area contributed by atoms with Crippen molar-refractivity contribution in [2.75, 3.05) is 0 Å². The predicted molar refractivity (Wildman–Crippen MR) is 118 cm³/mol. The first-order chi connectivity index (χ1) is 15.7. The number of nitro benzene ring substituents is 3. The van der Waals surface area contributed by atoms with Gasteiger partial charge >= 0.3 is 5.69 Å². The first kappa shape index (κ1) is 22.9. The molecule has 0 radical (unpaired) electrons. The van der Waals surface area contributed by atoms with E-state index in [9.17, 15) is 35.6 Å². The SMILES string of the molecule is N#C/C(=C\c1ccc(Oc2ccc([N+](=O)[O-])cc2[N+](=O)[O-])c(Cl)c1)c1ccc([N+](=O)[O-])cc1. The molecule has 0 amide bonds. The van der Waals surface area contributed by atoms with Crippen LogP contribution in [0.4, 0.5) is 17.1 Å². The lowest BCUT2D eigenvalue weighted by Crippen LogP contribution is -1.96. The number of rotatable bonds is 7. The molecule has 164 valence electrons. The fraction of sp³-hybridized carbons (Fsp3) is 0. The van der Waals surface area contributed by atoms with Gasteiger partial charge in [-0.15, -0.1) is 0 Å². The maximum atomic E-state index is 11.3. The van der Waals surface area contributed by atoms with E-state index in [1.807, 2.05) is 6.07 Å². The maximum Gasteiger partial charge on any atom is 0.318 e. The normalized spacial score (nSPS) is 10.8. The van der Waals surface area contributed by atoms with Crippen molar-refractivity contribution in [3.8, 4) is 17.6 Å². The highest BCUT2D eigenvalue weighted by molar-refractivity contribution is 6.32. The minimum atomic E-state index is -0.809. The van der Waals surface area contributed by atoms with Crippen LogP contribution in [0.3, 0.4) is 0 Å². The Morgan fingerprint density at radius 1 is 0.848 bits per heavy atom. The Balaban J connectivity index is 1.90. The molecule has 0 unspecified atom stereocenters. The molecule has 0 fully saturated rings. The molecule has 12 heteroatoms. The van der Waals surface area contributed by atoms with E-state index in [0.29, 0.717) is 11.1 Å². The van der Waals surface area contributed by atoms with E-state index in [-0.39, 0.29) is 27.8 Å². The third kappa shape index (κ3) is 5.27. The smallest absolute Gasteiger partial charge is 0.318 e. The molecule has 0 bridgehead atoms. The molecule has 0 N–H and O–H groups in total. The molecule has 11 nitrogen and oxygen atoms in total. The van der Waals surface area contributed by atoms with Crippen LogP contribution in [0.2, 0.25) is 5.02 Å². The van der Waals surface area contributed by atoms with Crippen LogP contribution in [-0.4, -0.2) is 14.8 Å². The number of allylic oxidation sites excluding steroid dienone is 1. The largest absolute Gasteiger partial charge is 0.449 e. The van der Waals surface area contributed by atoms with Gasteiger partial charge in [-0.2, -0.15) is 5.26 Å². The van der Waals surface area contributed by atoms with Crippen molar-refractivity contribution in [2.24, 2.45) is 0 Å². The van der Waals surface area contributed by atoms with E-state index >= 15 is 0 Å². The summed E-state index contributed by atoms with van der Waals surface area (Å²) < 4.78 is 5.50.